The molecule has 1 N–H and O–H groups in total. The highest BCUT2D eigenvalue weighted by molar-refractivity contribution is 7.19. The van der Waals surface area contributed by atoms with Crippen LogP contribution in [-0.4, -0.2) is 29.8 Å². The van der Waals surface area contributed by atoms with Gasteiger partial charge in [0.15, 0.2) is 11.5 Å². The summed E-state index contributed by atoms with van der Waals surface area (Å²) in [5.74, 6) is 0.923. The summed E-state index contributed by atoms with van der Waals surface area (Å²) in [4.78, 5) is 15.9. The first-order valence-electron chi connectivity index (χ1n) is 9.55. The molecule has 0 aliphatic rings. The molecular weight excluding hydrogens is 386 g/mol. The fraction of sp³-hybridized carbons (Fsp3) is 0.304. The van der Waals surface area contributed by atoms with Crippen LogP contribution in [0.1, 0.15) is 37.3 Å². The van der Waals surface area contributed by atoms with E-state index in [1.165, 1.54) is 0 Å². The van der Waals surface area contributed by atoms with Crippen molar-refractivity contribution < 1.29 is 19.4 Å². The van der Waals surface area contributed by atoms with Gasteiger partial charge in [0.05, 0.1) is 23.9 Å². The molecule has 0 saturated heterocycles. The Bertz CT molecular complexity index is 990. The Balaban J connectivity index is 1.98. The second kappa shape index (κ2) is 9.56. The molecule has 0 spiro atoms. The SMILES string of the molecule is COc1ccc(C=C(CCC(=O)O)c2nc3ccccc3s2)cc1OCC(C)C. The molecule has 3 aromatic rings. The van der Waals surface area contributed by atoms with Gasteiger partial charge in [-0.25, -0.2) is 4.98 Å². The number of carboxylic acid groups (broad SMARTS) is 1. The number of benzene rings is 2. The second-order valence-electron chi connectivity index (χ2n) is 7.17. The van der Waals surface area contributed by atoms with Crippen molar-refractivity contribution in [3.8, 4) is 11.5 Å². The second-order valence-corrected chi connectivity index (χ2v) is 8.20. The number of hydrogen-bond acceptors (Lipinski definition) is 5. The summed E-state index contributed by atoms with van der Waals surface area (Å²) >= 11 is 1.57. The van der Waals surface area contributed by atoms with E-state index < -0.39 is 5.97 Å². The van der Waals surface area contributed by atoms with Crippen LogP contribution in [0.3, 0.4) is 0 Å². The molecule has 0 amide bonds. The molecule has 0 fully saturated rings. The minimum absolute atomic E-state index is 0.0502. The van der Waals surface area contributed by atoms with Crippen LogP contribution in [0.5, 0.6) is 11.5 Å². The Morgan fingerprint density at radius 3 is 2.66 bits per heavy atom. The average Bonchev–Trinajstić information content (AvgIpc) is 3.13. The first-order valence-corrected chi connectivity index (χ1v) is 10.4. The Hall–Kier alpha value is -2.86. The van der Waals surface area contributed by atoms with Gasteiger partial charge in [-0.1, -0.05) is 32.0 Å². The van der Waals surface area contributed by atoms with Crippen molar-refractivity contribution in [1.82, 2.24) is 4.98 Å². The largest absolute Gasteiger partial charge is 0.493 e. The van der Waals surface area contributed by atoms with Gasteiger partial charge in [0.2, 0.25) is 0 Å². The van der Waals surface area contributed by atoms with Crippen molar-refractivity contribution in [2.75, 3.05) is 13.7 Å². The number of allylic oxidation sites excluding steroid dienone is 1. The summed E-state index contributed by atoms with van der Waals surface area (Å²) in [7, 11) is 1.62. The third-order valence-corrected chi connectivity index (χ3v) is 5.39. The lowest BCUT2D eigenvalue weighted by molar-refractivity contribution is -0.136. The van der Waals surface area contributed by atoms with E-state index in [9.17, 15) is 4.79 Å². The number of carbonyl (C=O) groups is 1. The number of aromatic nitrogens is 1. The molecule has 6 heteroatoms. The monoisotopic (exact) mass is 411 g/mol. The normalized spacial score (nSPS) is 11.8. The summed E-state index contributed by atoms with van der Waals surface area (Å²) in [6, 6.07) is 13.7. The maximum Gasteiger partial charge on any atom is 0.303 e. The van der Waals surface area contributed by atoms with E-state index in [1.54, 1.807) is 18.4 Å². The Morgan fingerprint density at radius 1 is 1.17 bits per heavy atom. The van der Waals surface area contributed by atoms with Crippen molar-refractivity contribution in [1.29, 1.82) is 0 Å². The van der Waals surface area contributed by atoms with Gasteiger partial charge in [-0.15, -0.1) is 11.3 Å². The van der Waals surface area contributed by atoms with Crippen molar-refractivity contribution >= 4 is 39.2 Å². The minimum Gasteiger partial charge on any atom is -0.493 e. The van der Waals surface area contributed by atoms with E-state index in [-0.39, 0.29) is 6.42 Å². The lowest BCUT2D eigenvalue weighted by Gasteiger charge is -2.13. The Labute approximate surface area is 174 Å². The minimum atomic E-state index is -0.826. The molecule has 152 valence electrons. The number of para-hydroxylation sites is 1. The number of fused-ring (bicyclic) bond motifs is 1. The van der Waals surface area contributed by atoms with Gasteiger partial charge in [0, 0.05) is 6.42 Å². The molecule has 0 atom stereocenters. The topological polar surface area (TPSA) is 68.7 Å². The van der Waals surface area contributed by atoms with Crippen LogP contribution in [0.15, 0.2) is 42.5 Å². The molecule has 0 aliphatic heterocycles. The highest BCUT2D eigenvalue weighted by atomic mass is 32.1. The summed E-state index contributed by atoms with van der Waals surface area (Å²) in [6.45, 7) is 4.77. The van der Waals surface area contributed by atoms with Crippen molar-refractivity contribution in [3.63, 3.8) is 0 Å². The van der Waals surface area contributed by atoms with Crippen LogP contribution in [-0.2, 0) is 4.79 Å². The number of methoxy groups -OCH3 is 1. The molecular formula is C23H25NO4S. The molecule has 0 bridgehead atoms. The van der Waals surface area contributed by atoms with Gasteiger partial charge in [-0.05, 0) is 53.8 Å². The fourth-order valence-corrected chi connectivity index (χ4v) is 3.85. The predicted octanol–water partition coefficient (Wildman–Crippen LogP) is 5.75. The van der Waals surface area contributed by atoms with Crippen LogP contribution in [0.25, 0.3) is 21.9 Å². The molecule has 1 aromatic heterocycles. The molecule has 2 aromatic carbocycles. The lowest BCUT2D eigenvalue weighted by Crippen LogP contribution is -2.05. The number of nitrogens with zero attached hydrogens (tertiary/aromatic N) is 1. The molecule has 1 heterocycles. The Morgan fingerprint density at radius 2 is 1.97 bits per heavy atom. The van der Waals surface area contributed by atoms with Crippen LogP contribution < -0.4 is 9.47 Å². The van der Waals surface area contributed by atoms with Gasteiger partial charge in [0.25, 0.3) is 0 Å². The highest BCUT2D eigenvalue weighted by Gasteiger charge is 2.12. The van der Waals surface area contributed by atoms with E-state index in [2.05, 4.69) is 13.8 Å². The zero-order valence-electron chi connectivity index (χ0n) is 16.8. The van der Waals surface area contributed by atoms with Crippen molar-refractivity contribution in [3.05, 3.63) is 53.0 Å². The summed E-state index contributed by atoms with van der Waals surface area (Å²) in [5.41, 5.74) is 2.74. The molecule has 0 radical (unpaired) electrons. The van der Waals surface area contributed by atoms with Gasteiger partial charge < -0.3 is 14.6 Å². The van der Waals surface area contributed by atoms with E-state index in [0.717, 1.165) is 26.4 Å². The van der Waals surface area contributed by atoms with Gasteiger partial charge in [-0.3, -0.25) is 4.79 Å². The average molecular weight is 412 g/mol. The zero-order chi connectivity index (χ0) is 20.8. The summed E-state index contributed by atoms with van der Waals surface area (Å²) in [5, 5.41) is 10.0. The number of rotatable bonds is 9. The van der Waals surface area contributed by atoms with E-state index in [4.69, 9.17) is 19.6 Å². The van der Waals surface area contributed by atoms with Crippen molar-refractivity contribution in [2.45, 2.75) is 26.7 Å². The van der Waals surface area contributed by atoms with Crippen LogP contribution >= 0.6 is 11.3 Å². The number of ether oxygens (including phenoxy) is 2. The number of hydrogen-bond donors (Lipinski definition) is 1. The molecule has 0 saturated carbocycles. The van der Waals surface area contributed by atoms with E-state index in [1.807, 2.05) is 48.5 Å². The summed E-state index contributed by atoms with van der Waals surface area (Å²) in [6.07, 6.45) is 2.44. The highest BCUT2D eigenvalue weighted by Crippen LogP contribution is 2.33. The maximum atomic E-state index is 11.2. The van der Waals surface area contributed by atoms with Crippen LogP contribution in [0.4, 0.5) is 0 Å². The third kappa shape index (κ3) is 5.57. The van der Waals surface area contributed by atoms with Crippen molar-refractivity contribution in [2.24, 2.45) is 5.92 Å². The predicted molar refractivity (Wildman–Crippen MR) is 118 cm³/mol. The molecule has 29 heavy (non-hydrogen) atoms. The zero-order valence-corrected chi connectivity index (χ0v) is 17.7. The molecule has 5 nitrogen and oxygen atoms in total. The van der Waals surface area contributed by atoms with Gasteiger partial charge in [-0.2, -0.15) is 0 Å². The van der Waals surface area contributed by atoms with E-state index in [0.29, 0.717) is 30.4 Å². The van der Waals surface area contributed by atoms with Gasteiger partial charge in [0.1, 0.15) is 5.01 Å². The standard InChI is InChI=1S/C23H25NO4S/c1-15(2)14-28-20-13-16(8-10-19(20)27-3)12-17(9-11-22(25)26)23-24-18-6-4-5-7-21(18)29-23/h4-8,10,12-13,15H,9,11,14H2,1-3H3,(H,25,26). The quantitative estimate of drug-likeness (QED) is 0.486. The van der Waals surface area contributed by atoms with Crippen LogP contribution in [0, 0.1) is 5.92 Å². The maximum absolute atomic E-state index is 11.2. The smallest absolute Gasteiger partial charge is 0.303 e. The first kappa shape index (κ1) is 20.9. The summed E-state index contributed by atoms with van der Waals surface area (Å²) < 4.78 is 12.4. The Kier molecular flexibility index (Phi) is 6.88. The molecule has 0 unspecified atom stereocenters. The first-order chi connectivity index (χ1) is 14.0. The number of carboxylic acids is 1. The molecule has 0 aliphatic carbocycles. The molecule has 3 rings (SSSR count). The lowest BCUT2D eigenvalue weighted by atomic mass is 10.1. The fourth-order valence-electron chi connectivity index (χ4n) is 2.85. The third-order valence-electron chi connectivity index (χ3n) is 4.28. The number of thiazole rings is 1. The van der Waals surface area contributed by atoms with E-state index >= 15 is 0 Å². The van der Waals surface area contributed by atoms with Gasteiger partial charge >= 0.3 is 5.97 Å². The number of aliphatic carboxylic acids is 1. The van der Waals surface area contributed by atoms with Crippen LogP contribution in [0.2, 0.25) is 0 Å².